The molecular weight excluding hydrogens is 743 g/mol. The van der Waals surface area contributed by atoms with Gasteiger partial charge in [0, 0.05) is 6.42 Å². The van der Waals surface area contributed by atoms with E-state index in [1.165, 1.54) is 89.9 Å². The molecule has 0 spiro atoms. The van der Waals surface area contributed by atoms with Crippen LogP contribution in [0.5, 0.6) is 0 Å². The Balaban J connectivity index is 2.13. The van der Waals surface area contributed by atoms with Gasteiger partial charge in [0.05, 0.1) is 25.4 Å². The number of aliphatic hydroxyl groups excluding tert-OH is 5. The van der Waals surface area contributed by atoms with Crippen molar-refractivity contribution in [3.8, 4) is 0 Å². The van der Waals surface area contributed by atoms with E-state index in [0.717, 1.165) is 70.6 Å². The third-order valence-corrected chi connectivity index (χ3v) is 10.7. The first-order valence-electron chi connectivity index (χ1n) is 23.7. The second-order valence-corrected chi connectivity index (χ2v) is 16.2. The summed E-state index contributed by atoms with van der Waals surface area (Å²) in [5, 5.41) is 53.9. The molecule has 0 saturated carbocycles. The first kappa shape index (κ1) is 54.6. The molecular formula is C50H87NO8. The summed E-state index contributed by atoms with van der Waals surface area (Å²) < 4.78 is 11.1. The lowest BCUT2D eigenvalue weighted by molar-refractivity contribution is -0.302. The van der Waals surface area contributed by atoms with E-state index < -0.39 is 49.5 Å². The number of nitrogens with one attached hydrogen (secondary N) is 1. The average Bonchev–Trinajstić information content (AvgIpc) is 3.23. The summed E-state index contributed by atoms with van der Waals surface area (Å²) in [4.78, 5) is 12.9. The Morgan fingerprint density at radius 3 is 1.61 bits per heavy atom. The van der Waals surface area contributed by atoms with E-state index in [4.69, 9.17) is 9.47 Å². The van der Waals surface area contributed by atoms with Crippen LogP contribution < -0.4 is 5.32 Å². The van der Waals surface area contributed by atoms with Gasteiger partial charge in [0.2, 0.25) is 5.91 Å². The minimum atomic E-state index is -1.57. The maximum absolute atomic E-state index is 12.9. The summed E-state index contributed by atoms with van der Waals surface area (Å²) in [6.07, 6.45) is 47.1. The second kappa shape index (κ2) is 39.7. The molecule has 1 heterocycles. The molecule has 0 aromatic heterocycles. The van der Waals surface area contributed by atoms with Gasteiger partial charge in [-0.05, 0) is 64.2 Å². The zero-order valence-corrected chi connectivity index (χ0v) is 37.2. The predicted octanol–water partition coefficient (Wildman–Crippen LogP) is 10.2. The standard InChI is InChI=1S/C50H87NO8/c1-3-5-7-9-11-12-13-14-15-16-17-18-19-20-21-22-23-24-25-26-27-28-29-30-31-32-34-36-38-40-46(54)51-43(44(53)39-37-35-33-10-8-6-4-2)42-58-50-49(57)48(56)47(55)45(41-52)59-50/h5,7-8,10-12,14-15,17-18,37,39,43-45,47-50,52-53,55-57H,3-4,6,9,13,16,19-36,38,40-42H2,1-2H3,(H,51,54)/b7-5-,10-8+,12-11-,15-14-,18-17-,39-37+. The third-order valence-electron chi connectivity index (χ3n) is 10.7. The minimum absolute atomic E-state index is 0.194. The number of hydrogen-bond donors (Lipinski definition) is 6. The van der Waals surface area contributed by atoms with Gasteiger partial charge in [-0.2, -0.15) is 0 Å². The lowest BCUT2D eigenvalue weighted by atomic mass is 9.99. The maximum atomic E-state index is 12.9. The molecule has 9 nitrogen and oxygen atoms in total. The number of ether oxygens (including phenoxy) is 2. The topological polar surface area (TPSA) is 149 Å². The summed E-state index contributed by atoms with van der Waals surface area (Å²) >= 11 is 0. The summed E-state index contributed by atoms with van der Waals surface area (Å²) in [6.45, 7) is 3.52. The average molecular weight is 830 g/mol. The van der Waals surface area contributed by atoms with Crippen molar-refractivity contribution in [2.75, 3.05) is 13.2 Å². The fraction of sp³-hybridized carbons (Fsp3) is 0.740. The van der Waals surface area contributed by atoms with Gasteiger partial charge >= 0.3 is 0 Å². The molecule has 0 aliphatic carbocycles. The highest BCUT2D eigenvalue weighted by molar-refractivity contribution is 5.76. The molecule has 6 N–H and O–H groups in total. The van der Waals surface area contributed by atoms with Crippen molar-refractivity contribution in [1.82, 2.24) is 5.32 Å². The lowest BCUT2D eigenvalue weighted by Crippen LogP contribution is -2.60. The molecule has 7 atom stereocenters. The number of unbranched alkanes of at least 4 members (excludes halogenated alkanes) is 18. The monoisotopic (exact) mass is 830 g/mol. The molecule has 340 valence electrons. The van der Waals surface area contributed by atoms with Crippen LogP contribution in [0, 0.1) is 0 Å². The van der Waals surface area contributed by atoms with E-state index >= 15 is 0 Å². The first-order chi connectivity index (χ1) is 28.8. The van der Waals surface area contributed by atoms with Gasteiger partial charge in [-0.15, -0.1) is 0 Å². The van der Waals surface area contributed by atoms with Gasteiger partial charge in [0.25, 0.3) is 0 Å². The largest absolute Gasteiger partial charge is 0.394 e. The third kappa shape index (κ3) is 30.3. The fourth-order valence-corrected chi connectivity index (χ4v) is 6.99. The predicted molar refractivity (Wildman–Crippen MR) is 244 cm³/mol. The maximum Gasteiger partial charge on any atom is 0.220 e. The normalized spacial score (nSPS) is 21.4. The molecule has 59 heavy (non-hydrogen) atoms. The van der Waals surface area contributed by atoms with Crippen molar-refractivity contribution >= 4 is 5.91 Å². The van der Waals surface area contributed by atoms with E-state index in [-0.39, 0.29) is 12.5 Å². The smallest absolute Gasteiger partial charge is 0.220 e. The number of amides is 1. The number of carbonyl (C=O) groups excluding carboxylic acids is 1. The summed E-state index contributed by atoms with van der Waals surface area (Å²) in [5.41, 5.74) is 0. The van der Waals surface area contributed by atoms with Crippen molar-refractivity contribution in [3.63, 3.8) is 0 Å². The molecule has 0 bridgehead atoms. The Kier molecular flexibility index (Phi) is 36.8. The van der Waals surface area contributed by atoms with Crippen molar-refractivity contribution in [2.45, 2.75) is 224 Å². The molecule has 1 fully saturated rings. The Bertz CT molecular complexity index is 1150. The summed E-state index contributed by atoms with van der Waals surface area (Å²) in [7, 11) is 0. The van der Waals surface area contributed by atoms with Crippen LogP contribution >= 0.6 is 0 Å². The SMILES string of the molecule is CC/C=C\C/C=C\C/C=C\C/C=C\CCCCCCCCCCCCCCCCCCC(=O)NC(COC1OC(CO)C(O)C(O)C1O)C(O)/C=C/CC/C=C/CCC. The van der Waals surface area contributed by atoms with Crippen molar-refractivity contribution < 1.29 is 39.8 Å². The van der Waals surface area contributed by atoms with Crippen molar-refractivity contribution in [2.24, 2.45) is 0 Å². The van der Waals surface area contributed by atoms with Crippen LogP contribution in [0.15, 0.2) is 72.9 Å². The van der Waals surface area contributed by atoms with E-state index in [1.54, 1.807) is 6.08 Å². The summed E-state index contributed by atoms with van der Waals surface area (Å²) in [5.74, 6) is -0.194. The molecule has 1 saturated heterocycles. The Hall–Kier alpha value is -2.37. The summed E-state index contributed by atoms with van der Waals surface area (Å²) in [6, 6.07) is -0.820. The minimum Gasteiger partial charge on any atom is -0.394 e. The molecule has 1 amide bonds. The van der Waals surface area contributed by atoms with Crippen LogP contribution in [0.3, 0.4) is 0 Å². The quantitative estimate of drug-likeness (QED) is 0.0266. The molecule has 9 heteroatoms. The zero-order chi connectivity index (χ0) is 43.0. The fourth-order valence-electron chi connectivity index (χ4n) is 6.99. The van der Waals surface area contributed by atoms with Crippen molar-refractivity contribution in [1.29, 1.82) is 0 Å². The molecule has 0 radical (unpaired) electrons. The van der Waals surface area contributed by atoms with Gasteiger partial charge in [0.15, 0.2) is 6.29 Å². The van der Waals surface area contributed by atoms with E-state index in [1.807, 2.05) is 6.08 Å². The van der Waals surface area contributed by atoms with Crippen LogP contribution in [0.1, 0.15) is 181 Å². The number of allylic oxidation sites excluding steroid dienone is 11. The molecule has 1 rings (SSSR count). The Morgan fingerprint density at radius 2 is 1.07 bits per heavy atom. The van der Waals surface area contributed by atoms with E-state index in [0.29, 0.717) is 6.42 Å². The van der Waals surface area contributed by atoms with Gasteiger partial charge in [0.1, 0.15) is 24.4 Å². The van der Waals surface area contributed by atoms with Crippen LogP contribution in [-0.4, -0.2) is 87.5 Å². The van der Waals surface area contributed by atoms with Crippen LogP contribution in [0.25, 0.3) is 0 Å². The Labute approximate surface area is 359 Å². The highest BCUT2D eigenvalue weighted by Gasteiger charge is 2.44. The zero-order valence-electron chi connectivity index (χ0n) is 37.2. The Morgan fingerprint density at radius 1 is 0.593 bits per heavy atom. The molecule has 0 aromatic rings. The molecule has 7 unspecified atom stereocenters. The first-order valence-corrected chi connectivity index (χ1v) is 23.7. The molecule has 1 aliphatic heterocycles. The molecule has 1 aliphatic rings. The number of rotatable bonds is 38. The van der Waals surface area contributed by atoms with Gasteiger partial charge in [-0.1, -0.05) is 183 Å². The number of hydrogen-bond acceptors (Lipinski definition) is 8. The lowest BCUT2D eigenvalue weighted by Gasteiger charge is -2.40. The van der Waals surface area contributed by atoms with Crippen molar-refractivity contribution in [3.05, 3.63) is 72.9 Å². The van der Waals surface area contributed by atoms with Crippen LogP contribution in [-0.2, 0) is 14.3 Å². The number of carbonyl (C=O) groups is 1. The molecule has 0 aromatic carbocycles. The van der Waals surface area contributed by atoms with Gasteiger partial charge in [-0.3, -0.25) is 4.79 Å². The van der Waals surface area contributed by atoms with E-state index in [9.17, 15) is 30.3 Å². The highest BCUT2D eigenvalue weighted by Crippen LogP contribution is 2.22. The number of aliphatic hydroxyl groups is 5. The van der Waals surface area contributed by atoms with Crippen LogP contribution in [0.4, 0.5) is 0 Å². The van der Waals surface area contributed by atoms with Crippen LogP contribution in [0.2, 0.25) is 0 Å². The van der Waals surface area contributed by atoms with E-state index in [2.05, 4.69) is 79.9 Å². The highest BCUT2D eigenvalue weighted by atomic mass is 16.7. The second-order valence-electron chi connectivity index (χ2n) is 16.2. The van der Waals surface area contributed by atoms with Gasteiger partial charge < -0.3 is 40.3 Å². The van der Waals surface area contributed by atoms with Gasteiger partial charge in [-0.25, -0.2) is 0 Å².